The highest BCUT2D eigenvalue weighted by molar-refractivity contribution is 7.98. The van der Waals surface area contributed by atoms with Crippen LogP contribution >= 0.6 is 11.9 Å². The number of hydrogen-bond acceptors (Lipinski definition) is 3. The smallest absolute Gasteiger partial charge is 0.230 e. The van der Waals surface area contributed by atoms with Crippen LogP contribution in [0.25, 0.3) is 0 Å². The van der Waals surface area contributed by atoms with Crippen LogP contribution in [0.5, 0.6) is 0 Å². The summed E-state index contributed by atoms with van der Waals surface area (Å²) in [5.74, 6) is 3.16. The van der Waals surface area contributed by atoms with Gasteiger partial charge in [0.1, 0.15) is 17.5 Å². The Morgan fingerprint density at radius 3 is 2.16 bits per heavy atom. The standard InChI is InChI=1S/C29H41F2NOS.C7H7F.C4H10.C2H6.CH4O/c1-28-16-4-3-6-19(28)9-12-22-23-13-10-20(29(23,2)17-15-24(22)28)7-5-8-27(33)32-34-26-18-21(30)11-14-25(26)31;1-6-3-2-4-7(8)5-6;1-3-4-2;2*1-2/h11,14,18-20,22-24H,3-10,12-13,15-17H2,1-2H3,(H,32,33);2-5H,1H3;3-4H2,1-2H3;1-2H3;2H,1H3. The number of carbonyl (C=O) groups excluding carboxylic acids is 1. The highest BCUT2D eigenvalue weighted by atomic mass is 32.2. The van der Waals surface area contributed by atoms with E-state index >= 15 is 0 Å². The van der Waals surface area contributed by atoms with Crippen molar-refractivity contribution in [1.82, 2.24) is 4.72 Å². The Balaban J connectivity index is 0.000000454. The molecule has 284 valence electrons. The van der Waals surface area contributed by atoms with Crippen LogP contribution in [0, 0.1) is 64.8 Å². The minimum absolute atomic E-state index is 0.0967. The zero-order valence-electron chi connectivity index (χ0n) is 32.4. The van der Waals surface area contributed by atoms with Crippen molar-refractivity contribution in [2.24, 2.45) is 40.4 Å². The van der Waals surface area contributed by atoms with Crippen LogP contribution in [0.2, 0.25) is 0 Å². The molecule has 0 bridgehead atoms. The van der Waals surface area contributed by atoms with Gasteiger partial charge in [-0.2, -0.15) is 0 Å². The van der Waals surface area contributed by atoms with E-state index in [1.165, 1.54) is 89.2 Å². The number of benzene rings is 2. The van der Waals surface area contributed by atoms with Gasteiger partial charge in [0.05, 0.1) is 4.90 Å². The van der Waals surface area contributed by atoms with Crippen molar-refractivity contribution < 1.29 is 23.1 Å². The Labute approximate surface area is 307 Å². The van der Waals surface area contributed by atoms with Crippen LogP contribution in [0.3, 0.4) is 0 Å². The number of hydrogen-bond donors (Lipinski definition) is 2. The van der Waals surface area contributed by atoms with Gasteiger partial charge >= 0.3 is 0 Å². The summed E-state index contributed by atoms with van der Waals surface area (Å²) in [6.45, 7) is 15.4. The van der Waals surface area contributed by atoms with Gasteiger partial charge in [-0.25, -0.2) is 13.2 Å². The molecule has 0 saturated heterocycles. The van der Waals surface area contributed by atoms with E-state index in [1.807, 2.05) is 26.8 Å². The van der Waals surface area contributed by atoms with Gasteiger partial charge in [0.2, 0.25) is 5.91 Å². The number of aliphatic hydroxyl groups is 1. The minimum Gasteiger partial charge on any atom is -0.400 e. The summed E-state index contributed by atoms with van der Waals surface area (Å²) < 4.78 is 42.0. The minimum atomic E-state index is -0.511. The first-order valence-electron chi connectivity index (χ1n) is 19.6. The van der Waals surface area contributed by atoms with Crippen molar-refractivity contribution in [3.63, 3.8) is 0 Å². The highest BCUT2D eigenvalue weighted by Crippen LogP contribution is 2.67. The number of rotatable bonds is 7. The molecule has 0 spiro atoms. The van der Waals surface area contributed by atoms with Crippen molar-refractivity contribution in [2.45, 2.75) is 150 Å². The summed E-state index contributed by atoms with van der Waals surface area (Å²) in [4.78, 5) is 12.5. The van der Waals surface area contributed by atoms with E-state index in [9.17, 15) is 18.0 Å². The van der Waals surface area contributed by atoms with Crippen LogP contribution in [0.4, 0.5) is 13.2 Å². The van der Waals surface area contributed by atoms with E-state index in [4.69, 9.17) is 5.11 Å². The van der Waals surface area contributed by atoms with Gasteiger partial charge in [0.25, 0.3) is 0 Å². The lowest BCUT2D eigenvalue weighted by Crippen LogP contribution is -2.52. The average Bonchev–Trinajstić information content (AvgIpc) is 3.46. The number of amides is 1. The van der Waals surface area contributed by atoms with Gasteiger partial charge < -0.3 is 5.11 Å². The summed E-state index contributed by atoms with van der Waals surface area (Å²) >= 11 is 0.876. The van der Waals surface area contributed by atoms with Gasteiger partial charge in [-0.1, -0.05) is 79.4 Å². The Bertz CT molecular complexity index is 1260. The molecule has 50 heavy (non-hydrogen) atoms. The zero-order chi connectivity index (χ0) is 37.3. The molecule has 7 heteroatoms. The second-order valence-corrected chi connectivity index (χ2v) is 16.0. The maximum atomic E-state index is 13.8. The fourth-order valence-electron chi connectivity index (χ4n) is 9.71. The molecule has 4 saturated carbocycles. The Morgan fingerprint density at radius 2 is 1.52 bits per heavy atom. The number of fused-ring (bicyclic) bond motifs is 5. The molecule has 0 radical (unpaired) electrons. The molecule has 7 atom stereocenters. The number of unbranched alkanes of at least 4 members (excludes halogenated alkanes) is 1. The highest BCUT2D eigenvalue weighted by Gasteiger charge is 2.59. The van der Waals surface area contributed by atoms with Crippen LogP contribution in [-0.2, 0) is 4.79 Å². The molecule has 0 aliphatic heterocycles. The lowest BCUT2D eigenvalue weighted by molar-refractivity contribution is -0.119. The molecule has 2 N–H and O–H groups in total. The quantitative estimate of drug-likeness (QED) is 0.280. The molecule has 6 rings (SSSR count). The number of aliphatic hydroxyl groups excluding tert-OH is 1. The molecule has 4 fully saturated rings. The van der Waals surface area contributed by atoms with E-state index in [1.54, 1.807) is 6.07 Å². The Kier molecular flexibility index (Phi) is 19.6. The van der Waals surface area contributed by atoms with E-state index in [0.29, 0.717) is 17.3 Å². The van der Waals surface area contributed by atoms with Gasteiger partial charge in [0, 0.05) is 13.5 Å². The number of halogens is 3. The number of carbonyl (C=O) groups is 1. The third-order valence-electron chi connectivity index (χ3n) is 12.4. The largest absolute Gasteiger partial charge is 0.400 e. The fourth-order valence-corrected chi connectivity index (χ4v) is 10.4. The SMILES string of the molecule is CC.CC12CCCCC1CCC1C2CCC2(C)C(CCCC(=O)NSc3cc(F)ccc3F)CCC12.CCCC.CO.Cc1cccc(F)c1. The topological polar surface area (TPSA) is 49.3 Å². The maximum absolute atomic E-state index is 13.8. The summed E-state index contributed by atoms with van der Waals surface area (Å²) in [5, 5.41) is 7.00. The summed E-state index contributed by atoms with van der Waals surface area (Å²) in [7, 11) is 1.00. The van der Waals surface area contributed by atoms with Crippen LogP contribution in [0.15, 0.2) is 47.4 Å². The van der Waals surface area contributed by atoms with Crippen molar-refractivity contribution in [3.05, 3.63) is 65.5 Å². The maximum Gasteiger partial charge on any atom is 0.230 e. The number of aryl methyl sites for hydroxylation is 1. The first kappa shape index (κ1) is 44.2. The predicted octanol–water partition coefficient (Wildman–Crippen LogP) is 12.9. The van der Waals surface area contributed by atoms with Gasteiger partial charge in [-0.15, -0.1) is 0 Å². The lowest BCUT2D eigenvalue weighted by atomic mass is 9.45. The summed E-state index contributed by atoms with van der Waals surface area (Å²) in [5.41, 5.74) is 2.00. The molecule has 1 amide bonds. The predicted molar refractivity (Wildman–Crippen MR) is 205 cm³/mol. The monoisotopic (exact) mass is 719 g/mol. The molecular formula is C43H68F3NO2S. The summed E-state index contributed by atoms with van der Waals surface area (Å²) in [6, 6.07) is 9.81. The fraction of sp³-hybridized carbons (Fsp3) is 0.698. The van der Waals surface area contributed by atoms with Crippen molar-refractivity contribution in [2.75, 3.05) is 7.11 Å². The number of nitrogens with one attached hydrogen (secondary N) is 1. The Morgan fingerprint density at radius 1 is 0.840 bits per heavy atom. The first-order chi connectivity index (χ1) is 24.0. The normalized spacial score (nSPS) is 28.9. The van der Waals surface area contributed by atoms with E-state index in [-0.39, 0.29) is 16.6 Å². The van der Waals surface area contributed by atoms with E-state index in [2.05, 4.69) is 32.4 Å². The zero-order valence-corrected chi connectivity index (χ0v) is 33.2. The lowest BCUT2D eigenvalue weighted by Gasteiger charge is -2.60. The first-order valence-corrected chi connectivity index (χ1v) is 20.4. The molecule has 3 nitrogen and oxygen atoms in total. The second kappa shape index (κ2) is 22.2. The molecule has 0 heterocycles. The van der Waals surface area contributed by atoms with E-state index < -0.39 is 11.6 Å². The van der Waals surface area contributed by atoms with E-state index in [0.717, 1.165) is 85.3 Å². The van der Waals surface area contributed by atoms with Crippen LogP contribution in [0.1, 0.15) is 143 Å². The second-order valence-electron chi connectivity index (χ2n) is 15.1. The molecule has 2 aromatic rings. The summed E-state index contributed by atoms with van der Waals surface area (Å²) in [6.07, 6.45) is 19.3. The molecule has 4 aliphatic rings. The van der Waals surface area contributed by atoms with Crippen LogP contribution in [-0.4, -0.2) is 18.1 Å². The molecule has 4 aliphatic carbocycles. The third-order valence-corrected chi connectivity index (χ3v) is 13.2. The van der Waals surface area contributed by atoms with Crippen molar-refractivity contribution in [3.8, 4) is 0 Å². The van der Waals surface area contributed by atoms with Crippen LogP contribution < -0.4 is 4.72 Å². The molecular weight excluding hydrogens is 652 g/mol. The average molecular weight is 720 g/mol. The van der Waals surface area contributed by atoms with Crippen molar-refractivity contribution >= 4 is 17.9 Å². The van der Waals surface area contributed by atoms with Crippen molar-refractivity contribution in [1.29, 1.82) is 0 Å². The third kappa shape index (κ3) is 11.8. The van der Waals surface area contributed by atoms with Gasteiger partial charge in [0.15, 0.2) is 0 Å². The van der Waals surface area contributed by atoms with Gasteiger partial charge in [-0.3, -0.25) is 9.52 Å². The Hall–Kier alpha value is -1.99. The van der Waals surface area contributed by atoms with Gasteiger partial charge in [-0.05, 0) is 159 Å². The molecule has 0 aromatic heterocycles. The molecule has 7 unspecified atom stereocenters. The molecule has 2 aromatic carbocycles.